The summed E-state index contributed by atoms with van der Waals surface area (Å²) in [6.07, 6.45) is 0.545. The van der Waals surface area contributed by atoms with E-state index in [1.54, 1.807) is 7.11 Å². The van der Waals surface area contributed by atoms with E-state index in [1.807, 2.05) is 20.3 Å². The third kappa shape index (κ3) is 8.61. The van der Waals surface area contributed by atoms with Gasteiger partial charge in [-0.2, -0.15) is 0 Å². The van der Waals surface area contributed by atoms with Crippen molar-refractivity contribution in [3.05, 3.63) is 16.9 Å². The van der Waals surface area contributed by atoms with Gasteiger partial charge >= 0.3 is 29.6 Å². The number of ether oxygens (including phenoxy) is 4. The standard InChI is InChI=1S/C10H16N3O4.Na.H2O4S/c1-10(2)16-7-4-6(5-12-13-11)15-9(14-3)8(7)17-10;;1-5(2,3)4/h4,6-9H,5H2,1-3H3;;(H2,1,2,3,4)/q-1;+1;/p-1/t6?,7-,8?,9+;;/m0../s1. The van der Waals surface area contributed by atoms with Crippen LogP contribution in [0.15, 0.2) is 5.11 Å². The van der Waals surface area contributed by atoms with Crippen molar-refractivity contribution in [1.82, 2.24) is 0 Å². The van der Waals surface area contributed by atoms with E-state index in [4.69, 9.17) is 42.0 Å². The van der Waals surface area contributed by atoms with Gasteiger partial charge in [-0.1, -0.05) is 11.2 Å². The first-order chi connectivity index (χ1) is 10.1. The van der Waals surface area contributed by atoms with Crippen LogP contribution in [0.5, 0.6) is 0 Å². The van der Waals surface area contributed by atoms with E-state index in [2.05, 4.69) is 10.0 Å². The summed E-state index contributed by atoms with van der Waals surface area (Å²) in [4.78, 5) is 2.71. The van der Waals surface area contributed by atoms with E-state index in [-0.39, 0.29) is 54.4 Å². The topological polar surface area (TPSA) is 163 Å². The second-order valence-electron chi connectivity index (χ2n) is 4.88. The third-order valence-corrected chi connectivity index (χ3v) is 2.70. The van der Waals surface area contributed by atoms with Crippen molar-refractivity contribution in [3.8, 4) is 0 Å². The molecule has 0 aliphatic carbocycles. The van der Waals surface area contributed by atoms with Crippen molar-refractivity contribution in [2.75, 3.05) is 13.7 Å². The summed E-state index contributed by atoms with van der Waals surface area (Å²) in [5.74, 6) is -0.653. The molecule has 1 N–H and O–H groups in total. The molecule has 0 bridgehead atoms. The van der Waals surface area contributed by atoms with E-state index in [9.17, 15) is 0 Å². The van der Waals surface area contributed by atoms with E-state index in [1.165, 1.54) is 0 Å². The minimum atomic E-state index is -4.92. The molecule has 0 radical (unpaired) electrons. The average molecular weight is 362 g/mol. The Morgan fingerprint density at radius 2 is 2.04 bits per heavy atom. The Bertz CT molecular complexity index is 516. The van der Waals surface area contributed by atoms with Crippen LogP contribution in [-0.2, 0) is 29.3 Å². The van der Waals surface area contributed by atoms with Crippen LogP contribution in [0.1, 0.15) is 13.8 Å². The molecule has 2 heterocycles. The summed E-state index contributed by atoms with van der Waals surface area (Å²) >= 11 is 0. The van der Waals surface area contributed by atoms with Crippen molar-refractivity contribution in [3.63, 3.8) is 0 Å². The van der Waals surface area contributed by atoms with Gasteiger partial charge in [-0.3, -0.25) is 11.0 Å². The molecule has 0 spiro atoms. The summed E-state index contributed by atoms with van der Waals surface area (Å²) in [6.45, 7) is 3.91. The van der Waals surface area contributed by atoms with Crippen molar-refractivity contribution in [2.45, 2.75) is 44.2 Å². The van der Waals surface area contributed by atoms with Gasteiger partial charge in [0.15, 0.2) is 12.1 Å². The average Bonchev–Trinajstić information content (AvgIpc) is 2.67. The fourth-order valence-corrected chi connectivity index (χ4v) is 2.09. The molecule has 2 aliphatic heterocycles. The largest absolute Gasteiger partial charge is 1.00 e. The quantitative estimate of drug-likeness (QED) is 0.109. The van der Waals surface area contributed by atoms with Crippen LogP contribution in [0.4, 0.5) is 0 Å². The zero-order chi connectivity index (χ0) is 17.0. The van der Waals surface area contributed by atoms with Gasteiger partial charge in [-0.05, 0) is 25.5 Å². The van der Waals surface area contributed by atoms with Crippen molar-refractivity contribution in [1.29, 1.82) is 0 Å². The summed E-state index contributed by atoms with van der Waals surface area (Å²) < 4.78 is 55.1. The maximum atomic E-state index is 8.63. The second-order valence-corrected chi connectivity index (χ2v) is 5.73. The van der Waals surface area contributed by atoms with Crippen LogP contribution < -0.4 is 29.6 Å². The molecule has 128 valence electrons. The number of rotatable bonds is 3. The van der Waals surface area contributed by atoms with Crippen LogP contribution in [0, 0.1) is 6.42 Å². The second kappa shape index (κ2) is 9.49. The molecule has 4 atom stereocenters. The van der Waals surface area contributed by atoms with E-state index < -0.39 is 22.5 Å². The van der Waals surface area contributed by atoms with Crippen LogP contribution in [0.2, 0.25) is 0 Å². The SMILES string of the molecule is CO[C@@H]1OC(CN=[N+]=[N-])[CH-][C@@H]2OC(C)(C)OC12.O=S(=O)([O-])O.[Na+]. The predicted molar refractivity (Wildman–Crippen MR) is 70.1 cm³/mol. The molecule has 0 aromatic rings. The smallest absolute Gasteiger partial charge is 0.726 e. The van der Waals surface area contributed by atoms with Gasteiger partial charge in [0.05, 0.1) is 0 Å². The van der Waals surface area contributed by atoms with Crippen LogP contribution in [0.3, 0.4) is 0 Å². The summed E-state index contributed by atoms with van der Waals surface area (Å²) in [5, 5.41) is 3.49. The van der Waals surface area contributed by atoms with E-state index in [0.29, 0.717) is 0 Å². The van der Waals surface area contributed by atoms with Gasteiger partial charge in [0.2, 0.25) is 10.4 Å². The summed E-state index contributed by atoms with van der Waals surface area (Å²) in [5.41, 5.74) is 8.29. The number of azide groups is 1. The Morgan fingerprint density at radius 1 is 1.48 bits per heavy atom. The van der Waals surface area contributed by atoms with Gasteiger partial charge in [0.1, 0.15) is 6.10 Å². The molecule has 2 rings (SSSR count). The van der Waals surface area contributed by atoms with Crippen LogP contribution in [0.25, 0.3) is 10.4 Å². The monoisotopic (exact) mass is 362 g/mol. The minimum Gasteiger partial charge on any atom is -0.726 e. The molecule has 11 nitrogen and oxygen atoms in total. The fourth-order valence-electron chi connectivity index (χ4n) is 2.09. The first kappa shape index (κ1) is 23.0. The maximum absolute atomic E-state index is 8.63. The van der Waals surface area contributed by atoms with Crippen LogP contribution >= 0.6 is 0 Å². The number of hydrogen-bond acceptors (Lipinski definition) is 8. The van der Waals surface area contributed by atoms with Gasteiger partial charge in [0.25, 0.3) is 0 Å². The molecule has 13 heteroatoms. The molecule has 2 unspecified atom stereocenters. The minimum absolute atomic E-state index is 0. The molecule has 0 aromatic heterocycles. The third-order valence-electron chi connectivity index (χ3n) is 2.70. The number of fused-ring (bicyclic) bond motifs is 1. The number of methoxy groups -OCH3 is 1. The zero-order valence-electron chi connectivity index (χ0n) is 13.1. The summed E-state index contributed by atoms with van der Waals surface area (Å²) in [6, 6.07) is 0. The number of hydrogen-bond donors (Lipinski definition) is 1. The van der Waals surface area contributed by atoms with Crippen molar-refractivity contribution in [2.24, 2.45) is 5.11 Å². The van der Waals surface area contributed by atoms with Gasteiger partial charge in [-0.15, -0.1) is 0 Å². The van der Waals surface area contributed by atoms with E-state index in [0.717, 1.165) is 0 Å². The molecule has 0 saturated carbocycles. The fraction of sp³-hybridized carbons (Fsp3) is 0.900. The van der Waals surface area contributed by atoms with Crippen molar-refractivity contribution >= 4 is 10.4 Å². The Labute approximate surface area is 156 Å². The van der Waals surface area contributed by atoms with Crippen LogP contribution in [-0.4, -0.2) is 61.6 Å². The van der Waals surface area contributed by atoms with E-state index >= 15 is 0 Å². The molecular weight excluding hydrogens is 345 g/mol. The summed E-state index contributed by atoms with van der Waals surface area (Å²) in [7, 11) is -3.37. The molecule has 0 aromatic carbocycles. The predicted octanol–water partition coefficient (Wildman–Crippen LogP) is -2.60. The Hall–Kier alpha value is 0.0200. The molecule has 2 aliphatic rings. The Morgan fingerprint density at radius 3 is 2.52 bits per heavy atom. The van der Waals surface area contributed by atoms with Gasteiger partial charge in [-0.25, -0.2) is 8.42 Å². The Kier molecular flexibility index (Phi) is 9.50. The molecule has 2 saturated heterocycles. The Balaban J connectivity index is 0.000000709. The first-order valence-electron chi connectivity index (χ1n) is 6.14. The van der Waals surface area contributed by atoms with Crippen molar-refractivity contribution < 1.29 is 66.0 Å². The molecule has 2 fully saturated rings. The first-order valence-corrected chi connectivity index (χ1v) is 7.50. The maximum Gasteiger partial charge on any atom is 1.00 e. The molecule has 23 heavy (non-hydrogen) atoms. The molecular formula is C10H17N3NaO8S-. The van der Waals surface area contributed by atoms with Gasteiger partial charge in [0, 0.05) is 18.6 Å². The zero-order valence-corrected chi connectivity index (χ0v) is 16.0. The van der Waals surface area contributed by atoms with Gasteiger partial charge < -0.3 is 23.5 Å². The molecule has 0 amide bonds. The number of nitrogens with zero attached hydrogens (tertiary/aromatic N) is 3. The normalized spacial score (nSPS) is 31.7.